The summed E-state index contributed by atoms with van der Waals surface area (Å²) < 4.78 is 31.0. The fourth-order valence-corrected chi connectivity index (χ4v) is 4.01. The number of sulfonamides is 1. The maximum Gasteiger partial charge on any atom is 0.253 e. The van der Waals surface area contributed by atoms with Crippen LogP contribution in [0.4, 0.5) is 0 Å². The molecule has 9 heteroatoms. The highest BCUT2D eigenvalue weighted by Gasteiger charge is 2.25. The number of benzene rings is 1. The van der Waals surface area contributed by atoms with Crippen LogP contribution in [0.5, 0.6) is 0 Å². The Labute approximate surface area is 163 Å². The highest BCUT2D eigenvalue weighted by molar-refractivity contribution is 7.89. The van der Waals surface area contributed by atoms with Gasteiger partial charge in [-0.3, -0.25) is 4.79 Å². The number of aryl methyl sites for hydroxylation is 1. The van der Waals surface area contributed by atoms with Crippen LogP contribution in [0, 0.1) is 0 Å². The van der Waals surface area contributed by atoms with Gasteiger partial charge in [-0.2, -0.15) is 0 Å². The first-order valence-corrected chi connectivity index (χ1v) is 10.1. The number of halogens is 2. The molecule has 142 valence electrons. The van der Waals surface area contributed by atoms with E-state index in [9.17, 15) is 13.2 Å². The Morgan fingerprint density at radius 2 is 1.96 bits per heavy atom. The van der Waals surface area contributed by atoms with Crippen LogP contribution in [0.25, 0.3) is 0 Å². The quantitative estimate of drug-likeness (QED) is 0.744. The van der Waals surface area contributed by atoms with Crippen LogP contribution < -0.4 is 5.32 Å². The zero-order valence-electron chi connectivity index (χ0n) is 14.6. The molecule has 1 amide bonds. The lowest BCUT2D eigenvalue weighted by Gasteiger charge is -2.17. The predicted octanol–water partition coefficient (Wildman–Crippen LogP) is 3.59. The van der Waals surface area contributed by atoms with Crippen LogP contribution in [0.3, 0.4) is 0 Å². The number of rotatable bonds is 7. The van der Waals surface area contributed by atoms with Crippen molar-refractivity contribution in [2.75, 3.05) is 14.1 Å². The van der Waals surface area contributed by atoms with Gasteiger partial charge >= 0.3 is 0 Å². The van der Waals surface area contributed by atoms with Gasteiger partial charge in [-0.25, -0.2) is 12.7 Å². The molecule has 0 saturated heterocycles. The summed E-state index contributed by atoms with van der Waals surface area (Å²) in [5.74, 6) is 0.365. The van der Waals surface area contributed by atoms with Crippen molar-refractivity contribution >= 4 is 39.1 Å². The minimum atomic E-state index is -3.80. The van der Waals surface area contributed by atoms with Crippen LogP contribution in [0.15, 0.2) is 39.8 Å². The fraction of sp³-hybridized carbons (Fsp3) is 0.353. The van der Waals surface area contributed by atoms with E-state index in [0.29, 0.717) is 12.8 Å². The van der Waals surface area contributed by atoms with Crippen molar-refractivity contribution in [3.8, 4) is 0 Å². The highest BCUT2D eigenvalue weighted by atomic mass is 35.5. The number of nitrogens with zero attached hydrogens (tertiary/aromatic N) is 1. The van der Waals surface area contributed by atoms with Gasteiger partial charge in [-0.1, -0.05) is 23.2 Å². The average Bonchev–Trinajstić information content (AvgIpc) is 3.05. The van der Waals surface area contributed by atoms with E-state index in [0.717, 1.165) is 10.1 Å². The van der Waals surface area contributed by atoms with Gasteiger partial charge < -0.3 is 9.73 Å². The summed E-state index contributed by atoms with van der Waals surface area (Å²) in [5.41, 5.74) is 0.0568. The zero-order chi connectivity index (χ0) is 19.5. The summed E-state index contributed by atoms with van der Waals surface area (Å²) in [6.07, 6.45) is 2.93. The minimum Gasteiger partial charge on any atom is -0.469 e. The van der Waals surface area contributed by atoms with E-state index in [2.05, 4.69) is 5.32 Å². The molecule has 2 rings (SSSR count). The van der Waals surface area contributed by atoms with E-state index in [1.165, 1.54) is 26.2 Å². The van der Waals surface area contributed by atoms with Crippen molar-refractivity contribution in [1.82, 2.24) is 9.62 Å². The SMILES string of the molecule is C[C@@H](CCc1ccco1)NC(=O)c1cc(S(=O)(=O)N(C)C)c(Cl)cc1Cl. The molecule has 0 aliphatic carbocycles. The van der Waals surface area contributed by atoms with Crippen molar-refractivity contribution in [2.45, 2.75) is 30.7 Å². The van der Waals surface area contributed by atoms with E-state index < -0.39 is 15.9 Å². The third-order valence-corrected chi connectivity index (χ3v) is 6.40. The molecular weight excluding hydrogens is 399 g/mol. The Bertz CT molecular complexity index is 880. The molecule has 1 heterocycles. The minimum absolute atomic E-state index is 0.0360. The standard InChI is InChI=1S/C17H20Cl2N2O4S/c1-11(6-7-12-5-4-8-25-12)20-17(22)13-9-16(15(19)10-14(13)18)26(23,24)21(2)3/h4-5,8-11H,6-7H2,1-3H3,(H,20,22)/t11-/m0/s1. The van der Waals surface area contributed by atoms with Gasteiger partial charge in [-0.15, -0.1) is 0 Å². The normalized spacial score (nSPS) is 13.0. The zero-order valence-corrected chi connectivity index (χ0v) is 17.0. The monoisotopic (exact) mass is 418 g/mol. The maximum absolute atomic E-state index is 12.5. The van der Waals surface area contributed by atoms with Gasteiger partial charge in [0.2, 0.25) is 10.0 Å². The van der Waals surface area contributed by atoms with Crippen LogP contribution in [0.2, 0.25) is 10.0 Å². The third kappa shape index (κ3) is 4.79. The first-order valence-electron chi connectivity index (χ1n) is 7.87. The van der Waals surface area contributed by atoms with Gasteiger partial charge in [-0.05, 0) is 37.6 Å². The molecule has 0 spiro atoms. The molecule has 0 bridgehead atoms. The molecule has 0 aliphatic rings. The molecule has 0 radical (unpaired) electrons. The van der Waals surface area contributed by atoms with E-state index in [1.54, 1.807) is 12.3 Å². The van der Waals surface area contributed by atoms with E-state index in [1.807, 2.05) is 13.0 Å². The second-order valence-corrected chi connectivity index (χ2v) is 8.98. The first kappa shape index (κ1) is 20.8. The molecule has 1 aromatic heterocycles. The molecular formula is C17H20Cl2N2O4S. The Morgan fingerprint density at radius 1 is 1.27 bits per heavy atom. The topological polar surface area (TPSA) is 79.6 Å². The molecule has 0 fully saturated rings. The van der Waals surface area contributed by atoms with Gasteiger partial charge in [0.1, 0.15) is 10.7 Å². The van der Waals surface area contributed by atoms with E-state index in [4.69, 9.17) is 27.6 Å². The molecule has 6 nitrogen and oxygen atoms in total. The summed E-state index contributed by atoms with van der Waals surface area (Å²) in [6.45, 7) is 1.85. The number of carbonyl (C=O) groups excluding carboxylic acids is 1. The second-order valence-electron chi connectivity index (χ2n) is 6.04. The van der Waals surface area contributed by atoms with Gasteiger partial charge in [0.05, 0.1) is 21.9 Å². The van der Waals surface area contributed by atoms with Crippen LogP contribution >= 0.6 is 23.2 Å². The molecule has 2 aromatic rings. The molecule has 0 saturated carbocycles. The molecule has 1 aromatic carbocycles. The highest BCUT2D eigenvalue weighted by Crippen LogP contribution is 2.30. The maximum atomic E-state index is 12.5. The number of amides is 1. The number of furan rings is 1. The number of carbonyl (C=O) groups is 1. The van der Waals surface area contributed by atoms with Crippen LogP contribution in [0.1, 0.15) is 29.5 Å². The lowest BCUT2D eigenvalue weighted by Crippen LogP contribution is -2.33. The Morgan fingerprint density at radius 3 is 2.54 bits per heavy atom. The summed E-state index contributed by atoms with van der Waals surface area (Å²) in [5, 5.41) is 2.86. The molecule has 0 aliphatic heterocycles. The molecule has 1 atom stereocenters. The van der Waals surface area contributed by atoms with Gasteiger partial charge in [0.15, 0.2) is 0 Å². The second kappa shape index (κ2) is 8.43. The summed E-state index contributed by atoms with van der Waals surface area (Å²) in [6, 6.07) is 5.98. The lowest BCUT2D eigenvalue weighted by molar-refractivity contribution is 0.0938. The fourth-order valence-electron chi connectivity index (χ4n) is 2.28. The smallest absolute Gasteiger partial charge is 0.253 e. The summed E-state index contributed by atoms with van der Waals surface area (Å²) >= 11 is 12.1. The Hall–Kier alpha value is -1.54. The van der Waals surface area contributed by atoms with Gasteiger partial charge in [0.25, 0.3) is 5.91 Å². The number of hydrogen-bond donors (Lipinski definition) is 1. The summed E-state index contributed by atoms with van der Waals surface area (Å²) in [4.78, 5) is 12.4. The van der Waals surface area contributed by atoms with Crippen LogP contribution in [-0.4, -0.2) is 38.8 Å². The Kier molecular flexibility index (Phi) is 6.74. The van der Waals surface area contributed by atoms with Crippen molar-refractivity contribution in [2.24, 2.45) is 0 Å². The van der Waals surface area contributed by atoms with Crippen molar-refractivity contribution in [1.29, 1.82) is 0 Å². The molecule has 26 heavy (non-hydrogen) atoms. The summed E-state index contributed by atoms with van der Waals surface area (Å²) in [7, 11) is -1.03. The molecule has 0 unspecified atom stereocenters. The lowest BCUT2D eigenvalue weighted by atomic mass is 10.1. The van der Waals surface area contributed by atoms with E-state index >= 15 is 0 Å². The van der Waals surface area contributed by atoms with Crippen LogP contribution in [-0.2, 0) is 16.4 Å². The van der Waals surface area contributed by atoms with Gasteiger partial charge in [0, 0.05) is 26.6 Å². The van der Waals surface area contributed by atoms with Crippen molar-refractivity contribution in [3.63, 3.8) is 0 Å². The van der Waals surface area contributed by atoms with E-state index in [-0.39, 0.29) is 26.5 Å². The average molecular weight is 419 g/mol. The molecule has 1 N–H and O–H groups in total. The Balaban J connectivity index is 2.17. The van der Waals surface area contributed by atoms with Crippen molar-refractivity contribution < 1.29 is 17.6 Å². The third-order valence-electron chi connectivity index (χ3n) is 3.81. The first-order chi connectivity index (χ1) is 12.1. The number of hydrogen-bond acceptors (Lipinski definition) is 4. The largest absolute Gasteiger partial charge is 0.469 e. The predicted molar refractivity (Wildman–Crippen MR) is 101 cm³/mol. The number of nitrogens with one attached hydrogen (secondary N) is 1. The van der Waals surface area contributed by atoms with Crippen molar-refractivity contribution in [3.05, 3.63) is 51.9 Å².